The molecular formula is C11H14F3NO4S. The normalized spacial score (nSPS) is 14.1. The van der Waals surface area contributed by atoms with Crippen LogP contribution in [0, 0.1) is 0 Å². The van der Waals surface area contributed by atoms with Gasteiger partial charge in [-0.2, -0.15) is 0 Å². The van der Waals surface area contributed by atoms with Crippen LogP contribution in [0.2, 0.25) is 0 Å². The van der Waals surface area contributed by atoms with Crippen molar-refractivity contribution < 1.29 is 31.1 Å². The van der Waals surface area contributed by atoms with Crippen LogP contribution < -0.4 is 9.46 Å². The number of benzene rings is 1. The first kappa shape index (κ1) is 16.7. The minimum absolute atomic E-state index is 0.137. The molecule has 0 heterocycles. The number of methoxy groups -OCH3 is 1. The van der Waals surface area contributed by atoms with E-state index in [-0.39, 0.29) is 11.5 Å². The van der Waals surface area contributed by atoms with Gasteiger partial charge in [0, 0.05) is 19.2 Å². The van der Waals surface area contributed by atoms with Crippen molar-refractivity contribution in [1.82, 2.24) is 4.72 Å². The Morgan fingerprint density at radius 2 is 2.00 bits per heavy atom. The van der Waals surface area contributed by atoms with Crippen molar-refractivity contribution in [1.29, 1.82) is 0 Å². The van der Waals surface area contributed by atoms with E-state index in [2.05, 4.69) is 9.46 Å². The summed E-state index contributed by atoms with van der Waals surface area (Å²) in [5.41, 5.74) is 0. The summed E-state index contributed by atoms with van der Waals surface area (Å²) < 4.78 is 70.8. The maximum atomic E-state index is 12.1. The molecule has 0 saturated carbocycles. The van der Waals surface area contributed by atoms with Gasteiger partial charge in [0.2, 0.25) is 10.0 Å². The van der Waals surface area contributed by atoms with Gasteiger partial charge in [-0.15, -0.1) is 13.2 Å². The van der Waals surface area contributed by atoms with Crippen molar-refractivity contribution >= 4 is 10.0 Å². The molecule has 1 unspecified atom stereocenters. The molecule has 1 atom stereocenters. The minimum Gasteiger partial charge on any atom is -0.406 e. The van der Waals surface area contributed by atoms with Gasteiger partial charge < -0.3 is 9.47 Å². The first-order valence-electron chi connectivity index (χ1n) is 5.51. The summed E-state index contributed by atoms with van der Waals surface area (Å²) in [5, 5.41) is 0. The lowest BCUT2D eigenvalue weighted by atomic mass is 10.3. The standard InChI is InChI=1S/C11H14F3NO4S/c1-8(7-18-2)15-20(16,17)10-5-3-4-9(6-10)19-11(12,13)14/h3-6,8,15H,7H2,1-2H3. The molecular weight excluding hydrogens is 299 g/mol. The van der Waals surface area contributed by atoms with Crippen molar-refractivity contribution in [3.8, 4) is 5.75 Å². The van der Waals surface area contributed by atoms with Gasteiger partial charge in [0.05, 0.1) is 11.5 Å². The van der Waals surface area contributed by atoms with Gasteiger partial charge >= 0.3 is 6.36 Å². The largest absolute Gasteiger partial charge is 0.573 e. The van der Waals surface area contributed by atoms with Crippen molar-refractivity contribution in [3.05, 3.63) is 24.3 Å². The van der Waals surface area contributed by atoms with Crippen molar-refractivity contribution in [3.63, 3.8) is 0 Å². The van der Waals surface area contributed by atoms with E-state index in [1.807, 2.05) is 0 Å². The van der Waals surface area contributed by atoms with Crippen LogP contribution in [-0.4, -0.2) is 34.5 Å². The fourth-order valence-electron chi connectivity index (χ4n) is 1.46. The molecule has 0 aliphatic carbocycles. The summed E-state index contributed by atoms with van der Waals surface area (Å²) in [6.07, 6.45) is -4.88. The van der Waals surface area contributed by atoms with Crippen molar-refractivity contribution in [2.75, 3.05) is 13.7 Å². The summed E-state index contributed by atoms with van der Waals surface area (Å²) in [6.45, 7) is 1.70. The highest BCUT2D eigenvalue weighted by atomic mass is 32.2. The smallest absolute Gasteiger partial charge is 0.406 e. The fraction of sp³-hybridized carbons (Fsp3) is 0.455. The summed E-state index contributed by atoms with van der Waals surface area (Å²) in [4.78, 5) is -0.317. The van der Waals surface area contributed by atoms with Gasteiger partial charge in [-0.1, -0.05) is 6.07 Å². The summed E-state index contributed by atoms with van der Waals surface area (Å²) in [6, 6.07) is 3.64. The maximum Gasteiger partial charge on any atom is 0.573 e. The van der Waals surface area contributed by atoms with Crippen LogP contribution in [0.4, 0.5) is 13.2 Å². The zero-order chi connectivity index (χ0) is 15.4. The first-order valence-corrected chi connectivity index (χ1v) is 6.99. The zero-order valence-corrected chi connectivity index (χ0v) is 11.6. The molecule has 0 aliphatic heterocycles. The van der Waals surface area contributed by atoms with E-state index in [1.165, 1.54) is 13.2 Å². The zero-order valence-electron chi connectivity index (χ0n) is 10.8. The van der Waals surface area contributed by atoms with E-state index >= 15 is 0 Å². The summed E-state index contributed by atoms with van der Waals surface area (Å²) in [7, 11) is -2.53. The molecule has 0 spiro atoms. The number of sulfonamides is 1. The predicted octanol–water partition coefficient (Wildman–Crippen LogP) is 1.90. The lowest BCUT2D eigenvalue weighted by Gasteiger charge is -2.14. The van der Waals surface area contributed by atoms with Crippen LogP contribution in [0.1, 0.15) is 6.92 Å². The highest BCUT2D eigenvalue weighted by Crippen LogP contribution is 2.24. The van der Waals surface area contributed by atoms with Crippen molar-refractivity contribution in [2.24, 2.45) is 0 Å². The van der Waals surface area contributed by atoms with Crippen LogP contribution in [0.25, 0.3) is 0 Å². The van der Waals surface area contributed by atoms with Crippen LogP contribution in [-0.2, 0) is 14.8 Å². The van der Waals surface area contributed by atoms with Gasteiger partial charge in [-0.3, -0.25) is 0 Å². The van der Waals surface area contributed by atoms with E-state index in [1.54, 1.807) is 6.92 Å². The Bertz CT molecular complexity index is 545. The topological polar surface area (TPSA) is 64.6 Å². The maximum absolute atomic E-state index is 12.1. The van der Waals surface area contributed by atoms with E-state index in [0.717, 1.165) is 18.2 Å². The third kappa shape index (κ3) is 5.35. The first-order chi connectivity index (χ1) is 9.14. The number of hydrogen-bond acceptors (Lipinski definition) is 4. The second-order valence-electron chi connectivity index (χ2n) is 4.00. The van der Waals surface area contributed by atoms with Crippen LogP contribution >= 0.6 is 0 Å². The van der Waals surface area contributed by atoms with E-state index in [4.69, 9.17) is 4.74 Å². The molecule has 5 nitrogen and oxygen atoms in total. The van der Waals surface area contributed by atoms with Crippen LogP contribution in [0.15, 0.2) is 29.2 Å². The second kappa shape index (κ2) is 6.42. The molecule has 9 heteroatoms. The number of ether oxygens (including phenoxy) is 2. The van der Waals surface area contributed by atoms with Gasteiger partial charge in [0.1, 0.15) is 5.75 Å². The van der Waals surface area contributed by atoms with Gasteiger partial charge in [0.25, 0.3) is 0 Å². The van der Waals surface area contributed by atoms with Gasteiger partial charge in [-0.25, -0.2) is 13.1 Å². The summed E-state index contributed by atoms with van der Waals surface area (Å²) >= 11 is 0. The quantitative estimate of drug-likeness (QED) is 0.871. The fourth-order valence-corrected chi connectivity index (χ4v) is 2.72. The molecule has 0 aliphatic rings. The number of nitrogens with one attached hydrogen (secondary N) is 1. The predicted molar refractivity (Wildman–Crippen MR) is 64.8 cm³/mol. The highest BCUT2D eigenvalue weighted by molar-refractivity contribution is 7.89. The average Bonchev–Trinajstić information content (AvgIpc) is 2.26. The van der Waals surface area contributed by atoms with Gasteiger partial charge in [0.15, 0.2) is 0 Å². The van der Waals surface area contributed by atoms with E-state index in [9.17, 15) is 21.6 Å². The Balaban J connectivity index is 2.93. The van der Waals surface area contributed by atoms with Crippen molar-refractivity contribution in [2.45, 2.75) is 24.2 Å². The molecule has 20 heavy (non-hydrogen) atoms. The molecule has 1 aromatic rings. The monoisotopic (exact) mass is 313 g/mol. The van der Waals surface area contributed by atoms with Gasteiger partial charge in [-0.05, 0) is 19.1 Å². The molecule has 1 rings (SSSR count). The molecule has 0 bridgehead atoms. The second-order valence-corrected chi connectivity index (χ2v) is 5.71. The SMILES string of the molecule is COCC(C)NS(=O)(=O)c1cccc(OC(F)(F)F)c1. The average molecular weight is 313 g/mol. The van der Waals surface area contributed by atoms with E-state index < -0.39 is 28.2 Å². The van der Waals surface area contributed by atoms with Crippen LogP contribution in [0.3, 0.4) is 0 Å². The third-order valence-corrected chi connectivity index (χ3v) is 3.71. The lowest BCUT2D eigenvalue weighted by Crippen LogP contribution is -2.35. The number of hydrogen-bond donors (Lipinski definition) is 1. The Morgan fingerprint density at radius 3 is 2.55 bits per heavy atom. The Morgan fingerprint density at radius 1 is 1.35 bits per heavy atom. The molecule has 0 amide bonds. The van der Waals surface area contributed by atoms with Crippen LogP contribution in [0.5, 0.6) is 5.75 Å². The molecule has 0 saturated heterocycles. The molecule has 0 radical (unpaired) electrons. The molecule has 0 aromatic heterocycles. The molecule has 114 valence electrons. The Labute approximate surface area is 114 Å². The molecule has 0 fully saturated rings. The molecule has 1 N–H and O–H groups in total. The number of rotatable bonds is 6. The minimum atomic E-state index is -4.88. The Hall–Kier alpha value is -1.32. The highest BCUT2D eigenvalue weighted by Gasteiger charge is 2.31. The number of halogens is 3. The summed E-state index contributed by atoms with van der Waals surface area (Å²) in [5.74, 6) is -0.597. The van der Waals surface area contributed by atoms with E-state index in [0.29, 0.717) is 0 Å². The Kier molecular flexibility index (Phi) is 5.37. The third-order valence-electron chi connectivity index (χ3n) is 2.12. The lowest BCUT2D eigenvalue weighted by molar-refractivity contribution is -0.274. The molecule has 1 aromatic carbocycles. The number of alkyl halides is 3.